The molecule has 1 unspecified atom stereocenters. The molecule has 0 aliphatic heterocycles. The number of hydrogen-bond donors (Lipinski definition) is 2. The van der Waals surface area contributed by atoms with E-state index in [9.17, 15) is 9.18 Å². The fourth-order valence-electron chi connectivity index (χ4n) is 2.13. The van der Waals surface area contributed by atoms with E-state index in [1.165, 1.54) is 12.1 Å². The maximum atomic E-state index is 12.9. The van der Waals surface area contributed by atoms with E-state index in [4.69, 9.17) is 10.5 Å². The summed E-state index contributed by atoms with van der Waals surface area (Å²) in [5.74, 6) is 0.908. The highest BCUT2D eigenvalue weighted by Crippen LogP contribution is 2.25. The second kappa shape index (κ2) is 9.25. The quantitative estimate of drug-likeness (QED) is 0.833. The summed E-state index contributed by atoms with van der Waals surface area (Å²) in [6, 6.07) is 11.4. The summed E-state index contributed by atoms with van der Waals surface area (Å²) in [5.41, 5.74) is 7.50. The van der Waals surface area contributed by atoms with E-state index in [-0.39, 0.29) is 30.2 Å². The van der Waals surface area contributed by atoms with Crippen LogP contribution in [0.3, 0.4) is 0 Å². The molecule has 0 aromatic heterocycles. The average molecular weight is 353 g/mol. The number of nitrogens with one attached hydrogen (secondary N) is 1. The largest absolute Gasteiger partial charge is 0.457 e. The standard InChI is InChI=1S/C18H21FN2O2.ClH/c1-12-9-14(11-21-18(22)10-13(2)20)3-8-17(12)23-16-6-4-15(19)5-7-16;/h3-9,13H,10-11,20H2,1-2H3,(H,21,22);1H. The zero-order chi connectivity index (χ0) is 16.8. The lowest BCUT2D eigenvalue weighted by atomic mass is 10.1. The second-order valence-corrected chi connectivity index (χ2v) is 5.61. The molecule has 6 heteroatoms. The molecule has 0 fully saturated rings. The van der Waals surface area contributed by atoms with Crippen molar-refractivity contribution in [3.8, 4) is 11.5 Å². The molecule has 130 valence electrons. The Morgan fingerprint density at radius 2 is 1.92 bits per heavy atom. The first-order valence-corrected chi connectivity index (χ1v) is 7.49. The molecule has 0 saturated carbocycles. The summed E-state index contributed by atoms with van der Waals surface area (Å²) in [7, 11) is 0. The molecule has 0 saturated heterocycles. The van der Waals surface area contributed by atoms with Gasteiger partial charge in [0.25, 0.3) is 0 Å². The molecule has 4 nitrogen and oxygen atoms in total. The topological polar surface area (TPSA) is 64.4 Å². The van der Waals surface area contributed by atoms with Crippen molar-refractivity contribution in [2.45, 2.75) is 32.9 Å². The van der Waals surface area contributed by atoms with E-state index in [0.717, 1.165) is 11.1 Å². The van der Waals surface area contributed by atoms with E-state index < -0.39 is 0 Å². The Hall–Kier alpha value is -2.11. The molecule has 3 N–H and O–H groups in total. The summed E-state index contributed by atoms with van der Waals surface area (Å²) >= 11 is 0. The molecule has 24 heavy (non-hydrogen) atoms. The van der Waals surface area contributed by atoms with Crippen LogP contribution in [0.2, 0.25) is 0 Å². The van der Waals surface area contributed by atoms with Gasteiger partial charge < -0.3 is 15.8 Å². The molecule has 0 bridgehead atoms. The second-order valence-electron chi connectivity index (χ2n) is 5.61. The normalized spacial score (nSPS) is 11.3. The predicted molar refractivity (Wildman–Crippen MR) is 95.0 cm³/mol. The van der Waals surface area contributed by atoms with Crippen LogP contribution >= 0.6 is 12.4 Å². The van der Waals surface area contributed by atoms with Crippen molar-refractivity contribution in [3.63, 3.8) is 0 Å². The number of aryl methyl sites for hydroxylation is 1. The summed E-state index contributed by atoms with van der Waals surface area (Å²) < 4.78 is 18.6. The third kappa shape index (κ3) is 6.18. The number of rotatable bonds is 6. The van der Waals surface area contributed by atoms with Gasteiger partial charge in [0.05, 0.1) is 0 Å². The Morgan fingerprint density at radius 3 is 2.50 bits per heavy atom. The smallest absolute Gasteiger partial charge is 0.221 e. The van der Waals surface area contributed by atoms with Gasteiger partial charge in [0, 0.05) is 19.0 Å². The maximum Gasteiger partial charge on any atom is 0.221 e. The highest BCUT2D eigenvalue weighted by Gasteiger charge is 2.07. The molecule has 2 rings (SSSR count). The van der Waals surface area contributed by atoms with E-state index in [0.29, 0.717) is 24.5 Å². The minimum atomic E-state index is -0.299. The minimum absolute atomic E-state index is 0. The monoisotopic (exact) mass is 352 g/mol. The molecule has 2 aromatic carbocycles. The fourth-order valence-corrected chi connectivity index (χ4v) is 2.13. The molecule has 0 spiro atoms. The van der Waals surface area contributed by atoms with Gasteiger partial charge in [-0.1, -0.05) is 12.1 Å². The zero-order valence-electron chi connectivity index (χ0n) is 13.7. The average Bonchev–Trinajstić information content (AvgIpc) is 2.49. The number of benzene rings is 2. The molecule has 1 atom stereocenters. The van der Waals surface area contributed by atoms with Crippen LogP contribution in [0.25, 0.3) is 0 Å². The van der Waals surface area contributed by atoms with Crippen molar-refractivity contribution >= 4 is 18.3 Å². The van der Waals surface area contributed by atoms with Crippen molar-refractivity contribution in [2.75, 3.05) is 0 Å². The minimum Gasteiger partial charge on any atom is -0.457 e. The Morgan fingerprint density at radius 1 is 1.25 bits per heavy atom. The van der Waals surface area contributed by atoms with Gasteiger partial charge in [-0.3, -0.25) is 4.79 Å². The van der Waals surface area contributed by atoms with Crippen molar-refractivity contribution in [3.05, 3.63) is 59.4 Å². The van der Waals surface area contributed by atoms with Crippen molar-refractivity contribution < 1.29 is 13.9 Å². The maximum absolute atomic E-state index is 12.9. The van der Waals surface area contributed by atoms with Crippen molar-refractivity contribution in [1.82, 2.24) is 5.32 Å². The summed E-state index contributed by atoms with van der Waals surface area (Å²) in [5, 5.41) is 2.83. The number of ether oxygens (including phenoxy) is 1. The Labute approximate surface area is 147 Å². The fraction of sp³-hybridized carbons (Fsp3) is 0.278. The van der Waals surface area contributed by atoms with E-state index in [1.807, 2.05) is 25.1 Å². The molecule has 0 aliphatic carbocycles. The molecule has 1 amide bonds. The van der Waals surface area contributed by atoms with Gasteiger partial charge in [-0.15, -0.1) is 12.4 Å². The molecule has 0 radical (unpaired) electrons. The van der Waals surface area contributed by atoms with Gasteiger partial charge in [0.15, 0.2) is 0 Å². The number of hydrogen-bond acceptors (Lipinski definition) is 3. The Balaban J connectivity index is 0.00000288. The summed E-state index contributed by atoms with van der Waals surface area (Å²) in [6.07, 6.45) is 0.310. The van der Waals surface area contributed by atoms with E-state index in [1.54, 1.807) is 19.1 Å². The highest BCUT2D eigenvalue weighted by molar-refractivity contribution is 5.85. The third-order valence-corrected chi connectivity index (χ3v) is 3.28. The number of halogens is 2. The number of nitrogens with two attached hydrogens (primary N) is 1. The molecule has 0 heterocycles. The van der Waals surface area contributed by atoms with Crippen LogP contribution in [0.15, 0.2) is 42.5 Å². The van der Waals surface area contributed by atoms with Crippen LogP contribution in [0.4, 0.5) is 4.39 Å². The van der Waals surface area contributed by atoms with Gasteiger partial charge in [-0.25, -0.2) is 4.39 Å². The van der Waals surface area contributed by atoms with E-state index in [2.05, 4.69) is 5.32 Å². The molecular weight excluding hydrogens is 331 g/mol. The van der Waals surface area contributed by atoms with Gasteiger partial charge in [0.2, 0.25) is 5.91 Å². The van der Waals surface area contributed by atoms with Crippen molar-refractivity contribution in [1.29, 1.82) is 0 Å². The molecule has 2 aromatic rings. The lowest BCUT2D eigenvalue weighted by Crippen LogP contribution is -2.29. The van der Waals surface area contributed by atoms with Gasteiger partial charge in [0.1, 0.15) is 17.3 Å². The van der Waals surface area contributed by atoms with Crippen LogP contribution in [0.1, 0.15) is 24.5 Å². The number of carbonyl (C=O) groups is 1. The van der Waals surface area contributed by atoms with Crippen molar-refractivity contribution in [2.24, 2.45) is 5.73 Å². The SMILES string of the molecule is Cc1cc(CNC(=O)CC(C)N)ccc1Oc1ccc(F)cc1.Cl. The summed E-state index contributed by atoms with van der Waals surface area (Å²) in [4.78, 5) is 11.6. The lowest BCUT2D eigenvalue weighted by molar-refractivity contribution is -0.121. The molecule has 0 aliphatic rings. The van der Waals surface area contributed by atoms with Crippen LogP contribution in [-0.2, 0) is 11.3 Å². The molecular formula is C18H22ClFN2O2. The number of amides is 1. The van der Waals surface area contributed by atoms with Gasteiger partial charge in [-0.05, 0) is 55.3 Å². The zero-order valence-corrected chi connectivity index (χ0v) is 14.5. The first kappa shape index (κ1) is 19.9. The summed E-state index contributed by atoms with van der Waals surface area (Å²) in [6.45, 7) is 4.17. The van der Waals surface area contributed by atoms with Crippen LogP contribution in [0.5, 0.6) is 11.5 Å². The number of carbonyl (C=O) groups excluding carboxylic acids is 1. The van der Waals surface area contributed by atoms with Crippen LogP contribution in [-0.4, -0.2) is 11.9 Å². The Bertz CT molecular complexity index is 675. The van der Waals surface area contributed by atoms with Gasteiger partial charge in [-0.2, -0.15) is 0 Å². The van der Waals surface area contributed by atoms with E-state index >= 15 is 0 Å². The van der Waals surface area contributed by atoms with Gasteiger partial charge >= 0.3 is 0 Å². The Kier molecular flexibility index (Phi) is 7.68. The highest BCUT2D eigenvalue weighted by atomic mass is 35.5. The van der Waals surface area contributed by atoms with Crippen LogP contribution in [0, 0.1) is 12.7 Å². The lowest BCUT2D eigenvalue weighted by Gasteiger charge is -2.11. The third-order valence-electron chi connectivity index (χ3n) is 3.28. The predicted octanol–water partition coefficient (Wildman–Crippen LogP) is 3.70. The van der Waals surface area contributed by atoms with Crippen LogP contribution < -0.4 is 15.8 Å². The first-order valence-electron chi connectivity index (χ1n) is 7.49. The first-order chi connectivity index (χ1) is 10.9.